The number of rotatable bonds is 1. The fourth-order valence-electron chi connectivity index (χ4n) is 1.72. The molecule has 1 rings (SSSR count). The zero-order valence-corrected chi connectivity index (χ0v) is 8.53. The van der Waals surface area contributed by atoms with Crippen molar-refractivity contribution in [3.05, 3.63) is 0 Å². The maximum Gasteiger partial charge on any atom is 0.319 e. The first kappa shape index (κ1) is 9.23. The van der Waals surface area contributed by atoms with Crippen molar-refractivity contribution in [1.29, 1.82) is 0 Å². The fourth-order valence-corrected chi connectivity index (χ4v) is 2.65. The maximum absolute atomic E-state index is 9.04. The molecule has 0 aromatic carbocycles. The van der Waals surface area contributed by atoms with Crippen LogP contribution in [0.5, 0.6) is 0 Å². The van der Waals surface area contributed by atoms with Crippen molar-refractivity contribution in [2.24, 2.45) is 5.41 Å². The highest BCUT2D eigenvalue weighted by Crippen LogP contribution is 2.40. The van der Waals surface area contributed by atoms with Crippen LogP contribution in [-0.2, 0) is 0 Å². The van der Waals surface area contributed by atoms with E-state index in [9.17, 15) is 0 Å². The standard InChI is InChI=1S/C8H18O2Si/c1-8(2)5-3-7(4-6-8)11(9)10/h7,9-11H,3-6H2,1-2H3. The minimum Gasteiger partial charge on any atom is -0.413 e. The van der Waals surface area contributed by atoms with E-state index < -0.39 is 9.28 Å². The summed E-state index contributed by atoms with van der Waals surface area (Å²) in [4.78, 5) is 18.1. The summed E-state index contributed by atoms with van der Waals surface area (Å²) in [6.07, 6.45) is 4.36. The highest BCUT2D eigenvalue weighted by molar-refractivity contribution is 6.43. The SMILES string of the molecule is CC1(C)CCC([SiH](O)O)CC1. The Morgan fingerprint density at radius 2 is 1.64 bits per heavy atom. The molecular weight excluding hydrogens is 156 g/mol. The van der Waals surface area contributed by atoms with E-state index in [-0.39, 0.29) is 5.54 Å². The summed E-state index contributed by atoms with van der Waals surface area (Å²) in [5.74, 6) is 0. The molecule has 0 radical (unpaired) electrons. The van der Waals surface area contributed by atoms with Gasteiger partial charge in [0.25, 0.3) is 0 Å². The monoisotopic (exact) mass is 174 g/mol. The van der Waals surface area contributed by atoms with Gasteiger partial charge in [-0.15, -0.1) is 0 Å². The van der Waals surface area contributed by atoms with Crippen LogP contribution in [0.1, 0.15) is 39.5 Å². The number of hydrogen-bond donors (Lipinski definition) is 2. The second-order valence-corrected chi connectivity index (χ2v) is 6.19. The molecule has 0 saturated heterocycles. The third kappa shape index (κ3) is 2.58. The smallest absolute Gasteiger partial charge is 0.319 e. The van der Waals surface area contributed by atoms with Gasteiger partial charge in [-0.05, 0) is 36.6 Å². The largest absolute Gasteiger partial charge is 0.413 e. The van der Waals surface area contributed by atoms with E-state index >= 15 is 0 Å². The highest BCUT2D eigenvalue weighted by Gasteiger charge is 2.30. The van der Waals surface area contributed by atoms with Crippen LogP contribution in [0, 0.1) is 5.41 Å². The van der Waals surface area contributed by atoms with Crippen LogP contribution in [-0.4, -0.2) is 18.9 Å². The molecule has 0 aliphatic heterocycles. The maximum atomic E-state index is 9.04. The quantitative estimate of drug-likeness (QED) is 0.586. The predicted octanol–water partition coefficient (Wildman–Crippen LogP) is 1.16. The zero-order chi connectivity index (χ0) is 8.48. The van der Waals surface area contributed by atoms with E-state index in [0.29, 0.717) is 5.41 Å². The van der Waals surface area contributed by atoms with Gasteiger partial charge in [0.15, 0.2) is 0 Å². The van der Waals surface area contributed by atoms with E-state index in [1.165, 1.54) is 0 Å². The predicted molar refractivity (Wildman–Crippen MR) is 47.6 cm³/mol. The van der Waals surface area contributed by atoms with Gasteiger partial charge >= 0.3 is 9.28 Å². The van der Waals surface area contributed by atoms with Gasteiger partial charge < -0.3 is 9.59 Å². The first-order valence-corrected chi connectivity index (χ1v) is 6.07. The fraction of sp³-hybridized carbons (Fsp3) is 1.00. The Morgan fingerprint density at radius 3 is 2.00 bits per heavy atom. The molecule has 2 nitrogen and oxygen atoms in total. The minimum atomic E-state index is -2.31. The molecule has 3 heteroatoms. The summed E-state index contributed by atoms with van der Waals surface area (Å²) in [5.41, 5.74) is 0.711. The molecule has 0 bridgehead atoms. The summed E-state index contributed by atoms with van der Waals surface area (Å²) in [6.45, 7) is 4.52. The van der Waals surface area contributed by atoms with E-state index in [4.69, 9.17) is 9.59 Å². The molecule has 0 spiro atoms. The molecule has 0 aromatic heterocycles. The summed E-state index contributed by atoms with van der Waals surface area (Å²) >= 11 is 0. The van der Waals surface area contributed by atoms with Crippen molar-refractivity contribution in [3.63, 3.8) is 0 Å². The molecule has 1 fully saturated rings. The van der Waals surface area contributed by atoms with Crippen LogP contribution < -0.4 is 0 Å². The lowest BCUT2D eigenvalue weighted by Crippen LogP contribution is -2.28. The van der Waals surface area contributed by atoms with E-state index in [0.717, 1.165) is 25.7 Å². The molecule has 1 aliphatic carbocycles. The Labute approximate surface area is 70.1 Å². The van der Waals surface area contributed by atoms with Crippen LogP contribution in [0.25, 0.3) is 0 Å². The zero-order valence-electron chi connectivity index (χ0n) is 7.38. The van der Waals surface area contributed by atoms with Gasteiger partial charge in [-0.2, -0.15) is 0 Å². The van der Waals surface area contributed by atoms with Crippen molar-refractivity contribution in [2.45, 2.75) is 45.1 Å². The van der Waals surface area contributed by atoms with Crippen molar-refractivity contribution in [1.82, 2.24) is 0 Å². The van der Waals surface area contributed by atoms with Crippen LogP contribution in [0.2, 0.25) is 5.54 Å². The Balaban J connectivity index is 2.36. The van der Waals surface area contributed by atoms with Gasteiger partial charge in [-0.3, -0.25) is 0 Å². The molecule has 66 valence electrons. The van der Waals surface area contributed by atoms with Crippen LogP contribution >= 0.6 is 0 Å². The van der Waals surface area contributed by atoms with Crippen LogP contribution in [0.15, 0.2) is 0 Å². The first-order chi connectivity index (χ1) is 5.01. The lowest BCUT2D eigenvalue weighted by molar-refractivity contribution is 0.225. The second-order valence-electron chi connectivity index (χ2n) is 4.42. The molecule has 1 aliphatic rings. The molecular formula is C8H18O2Si. The van der Waals surface area contributed by atoms with Crippen LogP contribution in [0.3, 0.4) is 0 Å². The number of hydrogen-bond acceptors (Lipinski definition) is 2. The summed E-state index contributed by atoms with van der Waals surface area (Å²) in [7, 11) is -2.31. The Kier molecular flexibility index (Phi) is 2.73. The molecule has 11 heavy (non-hydrogen) atoms. The van der Waals surface area contributed by atoms with Gasteiger partial charge in [0.2, 0.25) is 0 Å². The normalized spacial score (nSPS) is 25.9. The molecule has 0 heterocycles. The first-order valence-electron chi connectivity index (χ1n) is 4.37. The second kappa shape index (κ2) is 3.25. The lowest BCUT2D eigenvalue weighted by atomic mass is 9.77. The molecule has 0 amide bonds. The van der Waals surface area contributed by atoms with Gasteiger partial charge in [0, 0.05) is 0 Å². The van der Waals surface area contributed by atoms with Crippen molar-refractivity contribution in [2.75, 3.05) is 0 Å². The summed E-state index contributed by atoms with van der Waals surface area (Å²) in [6, 6.07) is 0. The van der Waals surface area contributed by atoms with Crippen molar-refractivity contribution in [3.8, 4) is 0 Å². The van der Waals surface area contributed by atoms with Crippen LogP contribution in [0.4, 0.5) is 0 Å². The summed E-state index contributed by atoms with van der Waals surface area (Å²) < 4.78 is 0. The van der Waals surface area contributed by atoms with Gasteiger partial charge in [-0.25, -0.2) is 0 Å². The Morgan fingerprint density at radius 1 is 1.18 bits per heavy atom. The molecule has 0 atom stereocenters. The topological polar surface area (TPSA) is 40.5 Å². The van der Waals surface area contributed by atoms with E-state index in [1.54, 1.807) is 0 Å². The van der Waals surface area contributed by atoms with Gasteiger partial charge in [0.1, 0.15) is 0 Å². The average Bonchev–Trinajstić information content (AvgIpc) is 1.86. The molecule has 0 unspecified atom stereocenters. The van der Waals surface area contributed by atoms with Crippen molar-refractivity contribution < 1.29 is 9.59 Å². The Hall–Kier alpha value is 0.137. The minimum absolute atomic E-state index is 0.267. The average molecular weight is 174 g/mol. The van der Waals surface area contributed by atoms with Gasteiger partial charge in [-0.1, -0.05) is 13.8 Å². The third-order valence-corrected chi connectivity index (χ3v) is 4.32. The van der Waals surface area contributed by atoms with E-state index in [2.05, 4.69) is 13.8 Å². The molecule has 1 saturated carbocycles. The summed E-state index contributed by atoms with van der Waals surface area (Å²) in [5, 5.41) is 0. The Bertz CT molecular complexity index is 124. The molecule has 0 aromatic rings. The lowest BCUT2D eigenvalue weighted by Gasteiger charge is -2.34. The third-order valence-electron chi connectivity index (χ3n) is 2.81. The van der Waals surface area contributed by atoms with Gasteiger partial charge in [0.05, 0.1) is 0 Å². The van der Waals surface area contributed by atoms with Crippen molar-refractivity contribution >= 4 is 9.28 Å². The molecule has 2 N–H and O–H groups in total. The van der Waals surface area contributed by atoms with E-state index in [1.807, 2.05) is 0 Å². The highest BCUT2D eigenvalue weighted by atomic mass is 28.3.